The maximum Gasteiger partial charge on any atom is 0.164 e. The Balaban J connectivity index is 1.82. The Bertz CT molecular complexity index is 348. The quantitative estimate of drug-likeness (QED) is 0.868. The molecule has 1 saturated heterocycles. The van der Waals surface area contributed by atoms with Gasteiger partial charge in [-0.15, -0.1) is 0 Å². The lowest BCUT2D eigenvalue weighted by atomic mass is 9.88. The number of hydrogen-bond donors (Lipinski definition) is 1. The van der Waals surface area contributed by atoms with E-state index in [0.717, 1.165) is 12.4 Å². The molecule has 0 aromatic carbocycles. The molecule has 1 N–H and O–H groups in total. The van der Waals surface area contributed by atoms with E-state index in [1.165, 1.54) is 17.9 Å². The molecule has 5 heteroatoms. The van der Waals surface area contributed by atoms with Crippen molar-refractivity contribution in [3.63, 3.8) is 0 Å². The van der Waals surface area contributed by atoms with Crippen LogP contribution in [0.5, 0.6) is 0 Å². The molecule has 2 rings (SSSR count). The van der Waals surface area contributed by atoms with E-state index in [4.69, 9.17) is 0 Å². The molecule has 0 aliphatic carbocycles. The first kappa shape index (κ1) is 11.9. The maximum absolute atomic E-state index is 4.27. The van der Waals surface area contributed by atoms with Gasteiger partial charge in [-0.3, -0.25) is 4.68 Å². The summed E-state index contributed by atoms with van der Waals surface area (Å²) in [5.41, 5.74) is 0.456. The Kier molecular flexibility index (Phi) is 3.54. The molecular formula is C11H20N4S. The highest BCUT2D eigenvalue weighted by molar-refractivity contribution is 7.99. The fraction of sp³-hybridized carbons (Fsp3) is 0.818. The summed E-state index contributed by atoms with van der Waals surface area (Å²) in [7, 11) is 1.90. The number of rotatable bonds is 3. The van der Waals surface area contributed by atoms with Gasteiger partial charge in [-0.05, 0) is 17.6 Å². The zero-order valence-corrected chi connectivity index (χ0v) is 11.0. The van der Waals surface area contributed by atoms with E-state index in [2.05, 4.69) is 29.2 Å². The second-order valence-electron chi connectivity index (χ2n) is 5.30. The number of nitrogens with zero attached hydrogens (tertiary/aromatic N) is 3. The van der Waals surface area contributed by atoms with Crippen molar-refractivity contribution >= 4 is 11.8 Å². The highest BCUT2D eigenvalue weighted by atomic mass is 32.2. The normalized spacial score (nSPS) is 24.6. The SMILES string of the molecule is Cn1cnc(CNC2CSCC(C)(C)C2)n1. The van der Waals surface area contributed by atoms with Crippen molar-refractivity contribution in [3.8, 4) is 0 Å². The number of aromatic nitrogens is 3. The van der Waals surface area contributed by atoms with Gasteiger partial charge in [0.15, 0.2) is 5.82 Å². The minimum Gasteiger partial charge on any atom is -0.306 e. The van der Waals surface area contributed by atoms with Crippen LogP contribution < -0.4 is 5.32 Å². The molecule has 1 unspecified atom stereocenters. The Hall–Kier alpha value is -0.550. The Morgan fingerprint density at radius 2 is 2.44 bits per heavy atom. The summed E-state index contributed by atoms with van der Waals surface area (Å²) in [4.78, 5) is 4.22. The lowest BCUT2D eigenvalue weighted by Crippen LogP contribution is -2.40. The van der Waals surface area contributed by atoms with Crippen molar-refractivity contribution < 1.29 is 0 Å². The van der Waals surface area contributed by atoms with E-state index >= 15 is 0 Å². The van der Waals surface area contributed by atoms with E-state index in [0.29, 0.717) is 11.5 Å². The number of thioether (sulfide) groups is 1. The molecule has 1 fully saturated rings. The number of aryl methyl sites for hydroxylation is 1. The summed E-state index contributed by atoms with van der Waals surface area (Å²) in [6, 6.07) is 0.595. The fourth-order valence-electron chi connectivity index (χ4n) is 2.09. The largest absolute Gasteiger partial charge is 0.306 e. The van der Waals surface area contributed by atoms with Gasteiger partial charge in [-0.25, -0.2) is 4.98 Å². The molecule has 0 bridgehead atoms. The molecular weight excluding hydrogens is 220 g/mol. The van der Waals surface area contributed by atoms with Gasteiger partial charge < -0.3 is 5.32 Å². The zero-order chi connectivity index (χ0) is 11.6. The third-order valence-electron chi connectivity index (χ3n) is 2.81. The molecule has 1 atom stereocenters. The highest BCUT2D eigenvalue weighted by Crippen LogP contribution is 2.33. The van der Waals surface area contributed by atoms with Crippen molar-refractivity contribution in [2.45, 2.75) is 32.9 Å². The highest BCUT2D eigenvalue weighted by Gasteiger charge is 2.28. The van der Waals surface area contributed by atoms with Crippen molar-refractivity contribution in [1.29, 1.82) is 0 Å². The van der Waals surface area contributed by atoms with Crippen LogP contribution in [-0.4, -0.2) is 32.3 Å². The van der Waals surface area contributed by atoms with Crippen LogP contribution in [0, 0.1) is 5.41 Å². The summed E-state index contributed by atoms with van der Waals surface area (Å²) >= 11 is 2.04. The summed E-state index contributed by atoms with van der Waals surface area (Å²) in [5.74, 6) is 3.36. The molecule has 16 heavy (non-hydrogen) atoms. The monoisotopic (exact) mass is 240 g/mol. The van der Waals surface area contributed by atoms with Crippen molar-refractivity contribution in [3.05, 3.63) is 12.2 Å². The van der Waals surface area contributed by atoms with Crippen molar-refractivity contribution in [2.24, 2.45) is 12.5 Å². The van der Waals surface area contributed by atoms with Gasteiger partial charge in [0, 0.05) is 18.8 Å². The first-order valence-corrected chi connectivity index (χ1v) is 6.86. The van der Waals surface area contributed by atoms with Crippen LogP contribution >= 0.6 is 11.8 Å². The molecule has 0 amide bonds. The maximum atomic E-state index is 4.27. The standard InChI is InChI=1S/C11H20N4S/c1-11(2)4-9(6-16-7-11)12-5-10-13-8-15(3)14-10/h8-9,12H,4-7H2,1-3H3. The van der Waals surface area contributed by atoms with Crippen LogP contribution in [0.2, 0.25) is 0 Å². The lowest BCUT2D eigenvalue weighted by molar-refractivity contribution is 0.316. The Morgan fingerprint density at radius 1 is 1.62 bits per heavy atom. The van der Waals surface area contributed by atoms with Crippen LogP contribution in [0.3, 0.4) is 0 Å². The molecule has 0 spiro atoms. The van der Waals surface area contributed by atoms with Crippen LogP contribution in [0.4, 0.5) is 0 Å². The topological polar surface area (TPSA) is 42.7 Å². The van der Waals surface area contributed by atoms with Gasteiger partial charge in [0.1, 0.15) is 6.33 Å². The van der Waals surface area contributed by atoms with Crippen LogP contribution in [0.25, 0.3) is 0 Å². The summed E-state index contributed by atoms with van der Waals surface area (Å²) in [5, 5.41) is 7.82. The average molecular weight is 240 g/mol. The molecule has 1 aromatic heterocycles. The zero-order valence-electron chi connectivity index (χ0n) is 10.2. The predicted molar refractivity (Wildman–Crippen MR) is 67.4 cm³/mol. The van der Waals surface area contributed by atoms with Crippen LogP contribution in [0.1, 0.15) is 26.1 Å². The minimum absolute atomic E-state index is 0.456. The van der Waals surface area contributed by atoms with Gasteiger partial charge in [-0.1, -0.05) is 13.8 Å². The van der Waals surface area contributed by atoms with Gasteiger partial charge in [0.25, 0.3) is 0 Å². The van der Waals surface area contributed by atoms with E-state index in [1.807, 2.05) is 18.8 Å². The summed E-state index contributed by atoms with van der Waals surface area (Å²) in [6.45, 7) is 5.46. The molecule has 1 aliphatic heterocycles. The second kappa shape index (κ2) is 4.75. The predicted octanol–water partition coefficient (Wildman–Crippen LogP) is 1.44. The van der Waals surface area contributed by atoms with E-state index in [9.17, 15) is 0 Å². The van der Waals surface area contributed by atoms with Crippen molar-refractivity contribution in [1.82, 2.24) is 20.1 Å². The minimum atomic E-state index is 0.456. The van der Waals surface area contributed by atoms with E-state index in [-0.39, 0.29) is 0 Å². The molecule has 0 radical (unpaired) electrons. The average Bonchev–Trinajstić information content (AvgIpc) is 2.60. The molecule has 1 aromatic rings. The van der Waals surface area contributed by atoms with Crippen molar-refractivity contribution in [2.75, 3.05) is 11.5 Å². The summed E-state index contributed by atoms with van der Waals surface area (Å²) in [6.07, 6.45) is 2.99. The van der Waals surface area contributed by atoms with Gasteiger partial charge >= 0.3 is 0 Å². The molecule has 90 valence electrons. The van der Waals surface area contributed by atoms with Gasteiger partial charge in [0.2, 0.25) is 0 Å². The first-order chi connectivity index (χ1) is 7.55. The molecule has 2 heterocycles. The fourth-order valence-corrected chi connectivity index (χ4v) is 3.40. The third-order valence-corrected chi connectivity index (χ3v) is 4.43. The van der Waals surface area contributed by atoms with Crippen LogP contribution in [0.15, 0.2) is 6.33 Å². The first-order valence-electron chi connectivity index (χ1n) is 5.71. The number of nitrogens with one attached hydrogen (secondary N) is 1. The Morgan fingerprint density at radius 3 is 3.06 bits per heavy atom. The van der Waals surface area contributed by atoms with E-state index < -0.39 is 0 Å². The number of hydrogen-bond acceptors (Lipinski definition) is 4. The van der Waals surface area contributed by atoms with E-state index in [1.54, 1.807) is 11.0 Å². The second-order valence-corrected chi connectivity index (χ2v) is 6.33. The van der Waals surface area contributed by atoms with Gasteiger partial charge in [0.05, 0.1) is 6.54 Å². The van der Waals surface area contributed by atoms with Crippen LogP contribution in [-0.2, 0) is 13.6 Å². The Labute approximate surface area is 101 Å². The van der Waals surface area contributed by atoms with Gasteiger partial charge in [-0.2, -0.15) is 16.9 Å². The molecule has 0 saturated carbocycles. The lowest BCUT2D eigenvalue weighted by Gasteiger charge is -2.35. The summed E-state index contributed by atoms with van der Waals surface area (Å²) < 4.78 is 1.75. The third kappa shape index (κ3) is 3.22. The smallest absolute Gasteiger partial charge is 0.164 e. The molecule has 1 aliphatic rings. The molecule has 4 nitrogen and oxygen atoms in total.